The fraction of sp³-hybridized carbons (Fsp3) is 0.343. The lowest BCUT2D eigenvalue weighted by Crippen LogP contribution is -2.41. The molecular weight excluding hydrogens is 626 g/mol. The molecule has 246 valence electrons. The Morgan fingerprint density at radius 2 is 1.74 bits per heavy atom. The molecule has 1 atom stereocenters. The number of furan rings is 1. The Morgan fingerprint density at radius 3 is 2.53 bits per heavy atom. The second kappa shape index (κ2) is 13.8. The molecule has 0 fully saturated rings. The van der Waals surface area contributed by atoms with Crippen LogP contribution in [0.3, 0.4) is 0 Å². The van der Waals surface area contributed by atoms with E-state index in [4.69, 9.17) is 35.0 Å². The molecule has 1 unspecified atom stereocenters. The summed E-state index contributed by atoms with van der Waals surface area (Å²) in [5.74, 6) is 1.46. The molecule has 12 heteroatoms. The standard InChI is InChI=1S/C35H36ClN3O8/c1-43-28-15-20-4-7-31(40)37-10-12-39(35(42)30-18-22-16-23(36)19-29(44-2)33(22)47-30)11-8-32(41)38-26-9-13-46-27-6-5-21(17-25(26)27)24(14-20)34(28)45-3/h5-6,14-19,26H,4,7-13H2,1-3H3,(H,37,40)(H,38,41). The Labute approximate surface area is 277 Å². The van der Waals surface area contributed by atoms with Gasteiger partial charge in [0.2, 0.25) is 11.8 Å². The topological polar surface area (TPSA) is 129 Å². The predicted molar refractivity (Wildman–Crippen MR) is 176 cm³/mol. The monoisotopic (exact) mass is 661 g/mol. The van der Waals surface area contributed by atoms with Gasteiger partial charge in [0.25, 0.3) is 5.91 Å². The van der Waals surface area contributed by atoms with Gasteiger partial charge in [-0.15, -0.1) is 0 Å². The van der Waals surface area contributed by atoms with Gasteiger partial charge >= 0.3 is 0 Å². The van der Waals surface area contributed by atoms with Gasteiger partial charge in [-0.2, -0.15) is 0 Å². The zero-order valence-electron chi connectivity index (χ0n) is 26.4. The first kappa shape index (κ1) is 32.1. The van der Waals surface area contributed by atoms with Crippen LogP contribution >= 0.6 is 11.6 Å². The summed E-state index contributed by atoms with van der Waals surface area (Å²) in [5.41, 5.74) is 3.79. The predicted octanol–water partition coefficient (Wildman–Crippen LogP) is 5.31. The van der Waals surface area contributed by atoms with Crippen LogP contribution in [0.5, 0.6) is 23.0 Å². The Morgan fingerprint density at radius 1 is 0.915 bits per heavy atom. The summed E-state index contributed by atoms with van der Waals surface area (Å²) in [6.07, 6.45) is 1.29. The molecule has 0 radical (unpaired) electrons. The number of halogens is 1. The number of hydrogen-bond donors (Lipinski definition) is 2. The molecule has 0 saturated carbocycles. The average molecular weight is 662 g/mol. The van der Waals surface area contributed by atoms with Gasteiger partial charge in [-0.1, -0.05) is 17.7 Å². The van der Waals surface area contributed by atoms with Gasteiger partial charge < -0.3 is 38.9 Å². The minimum absolute atomic E-state index is 0.0362. The first-order valence-electron chi connectivity index (χ1n) is 15.4. The van der Waals surface area contributed by atoms with E-state index in [0.717, 1.165) is 22.3 Å². The van der Waals surface area contributed by atoms with Crippen molar-refractivity contribution >= 4 is 40.3 Å². The quantitative estimate of drug-likeness (QED) is 0.301. The van der Waals surface area contributed by atoms with E-state index < -0.39 is 5.91 Å². The lowest BCUT2D eigenvalue weighted by atomic mass is 9.93. The van der Waals surface area contributed by atoms with E-state index in [1.54, 1.807) is 32.4 Å². The number of rotatable bonds is 4. The van der Waals surface area contributed by atoms with Crippen LogP contribution in [0, 0.1) is 0 Å². The molecule has 6 rings (SSSR count). The van der Waals surface area contributed by atoms with E-state index in [-0.39, 0.29) is 56.1 Å². The fourth-order valence-corrected chi connectivity index (χ4v) is 6.30. The number of amides is 3. The Kier molecular flexibility index (Phi) is 9.44. The first-order chi connectivity index (χ1) is 22.8. The number of nitrogens with one attached hydrogen (secondary N) is 2. The van der Waals surface area contributed by atoms with Crippen molar-refractivity contribution in [2.45, 2.75) is 31.7 Å². The summed E-state index contributed by atoms with van der Waals surface area (Å²) in [7, 11) is 4.66. The molecule has 3 aromatic carbocycles. The minimum atomic E-state index is -0.422. The summed E-state index contributed by atoms with van der Waals surface area (Å²) < 4.78 is 28.7. The molecule has 4 aromatic rings. The van der Waals surface area contributed by atoms with Crippen molar-refractivity contribution < 1.29 is 37.7 Å². The molecule has 0 aliphatic carbocycles. The Hall–Kier alpha value is -4.90. The summed E-state index contributed by atoms with van der Waals surface area (Å²) in [5, 5.41) is 7.10. The van der Waals surface area contributed by atoms with Crippen LogP contribution in [0.15, 0.2) is 52.9 Å². The number of hydrogen-bond acceptors (Lipinski definition) is 8. The molecule has 0 spiro atoms. The van der Waals surface area contributed by atoms with Crippen LogP contribution in [-0.4, -0.2) is 70.2 Å². The summed E-state index contributed by atoms with van der Waals surface area (Å²) in [6, 6.07) is 14.3. The van der Waals surface area contributed by atoms with Crippen molar-refractivity contribution in [1.29, 1.82) is 0 Å². The highest BCUT2D eigenvalue weighted by atomic mass is 35.5. The van der Waals surface area contributed by atoms with E-state index in [0.29, 0.717) is 58.4 Å². The largest absolute Gasteiger partial charge is 0.493 e. The van der Waals surface area contributed by atoms with Gasteiger partial charge in [0, 0.05) is 66.5 Å². The van der Waals surface area contributed by atoms with Gasteiger partial charge in [-0.25, -0.2) is 0 Å². The number of carbonyl (C=O) groups is 3. The second-order valence-corrected chi connectivity index (χ2v) is 11.9. The SMILES string of the molecule is COc1cc2cc(c1OC)-c1ccc3c(c1)C(CCO3)NC(=O)CCN(C(=O)c1cc3cc(Cl)cc(OC)c3o1)CCNC(=O)CC2. The number of aryl methyl sites for hydroxylation is 1. The highest BCUT2D eigenvalue weighted by Gasteiger charge is 2.27. The zero-order valence-corrected chi connectivity index (χ0v) is 27.2. The number of benzene rings is 3. The fourth-order valence-electron chi connectivity index (χ4n) is 6.09. The maximum atomic E-state index is 13.7. The third-order valence-corrected chi connectivity index (χ3v) is 8.67. The second-order valence-electron chi connectivity index (χ2n) is 11.4. The summed E-state index contributed by atoms with van der Waals surface area (Å²) in [6.45, 7) is 0.907. The molecule has 1 aromatic heterocycles. The van der Waals surface area contributed by atoms with E-state index in [1.165, 1.54) is 12.0 Å². The summed E-state index contributed by atoms with van der Waals surface area (Å²) >= 11 is 6.22. The third kappa shape index (κ3) is 6.80. The number of methoxy groups -OCH3 is 3. The summed E-state index contributed by atoms with van der Waals surface area (Å²) in [4.78, 5) is 41.6. The highest BCUT2D eigenvalue weighted by Crippen LogP contribution is 2.43. The number of ether oxygens (including phenoxy) is 4. The van der Waals surface area contributed by atoms with Crippen molar-refractivity contribution in [1.82, 2.24) is 15.5 Å². The van der Waals surface area contributed by atoms with E-state index in [9.17, 15) is 14.4 Å². The number of carbonyl (C=O) groups excluding carboxylic acids is 3. The van der Waals surface area contributed by atoms with Crippen molar-refractivity contribution in [3.8, 4) is 34.1 Å². The van der Waals surface area contributed by atoms with E-state index >= 15 is 0 Å². The van der Waals surface area contributed by atoms with E-state index in [2.05, 4.69) is 10.6 Å². The Bertz CT molecular complexity index is 1840. The number of nitrogens with zero attached hydrogens (tertiary/aromatic N) is 1. The molecular formula is C35H36ClN3O8. The molecule has 3 heterocycles. The maximum absolute atomic E-state index is 13.7. The van der Waals surface area contributed by atoms with Crippen LogP contribution in [0.2, 0.25) is 5.02 Å². The van der Waals surface area contributed by atoms with Gasteiger partial charge in [0.15, 0.2) is 28.6 Å². The van der Waals surface area contributed by atoms with Crippen LogP contribution in [0.25, 0.3) is 22.1 Å². The maximum Gasteiger partial charge on any atom is 0.289 e. The molecule has 11 nitrogen and oxygen atoms in total. The molecule has 47 heavy (non-hydrogen) atoms. The van der Waals surface area contributed by atoms with Crippen LogP contribution in [-0.2, 0) is 16.0 Å². The van der Waals surface area contributed by atoms with Crippen LogP contribution < -0.4 is 29.6 Å². The lowest BCUT2D eigenvalue weighted by Gasteiger charge is -2.28. The van der Waals surface area contributed by atoms with Crippen molar-refractivity contribution in [3.63, 3.8) is 0 Å². The van der Waals surface area contributed by atoms with Crippen molar-refractivity contribution in [2.75, 3.05) is 47.6 Å². The Balaban J connectivity index is 1.31. The molecule has 2 aliphatic heterocycles. The lowest BCUT2D eigenvalue weighted by molar-refractivity contribution is -0.123. The van der Waals surface area contributed by atoms with Crippen LogP contribution in [0.1, 0.15) is 47.0 Å². The molecule has 3 amide bonds. The molecule has 0 saturated heterocycles. The third-order valence-electron chi connectivity index (χ3n) is 8.45. The minimum Gasteiger partial charge on any atom is -0.493 e. The van der Waals surface area contributed by atoms with Gasteiger partial charge in [-0.3, -0.25) is 14.4 Å². The van der Waals surface area contributed by atoms with Gasteiger partial charge in [0.1, 0.15) is 5.75 Å². The van der Waals surface area contributed by atoms with Gasteiger partial charge in [-0.05, 0) is 53.9 Å². The zero-order chi connectivity index (χ0) is 33.1. The van der Waals surface area contributed by atoms with Crippen molar-refractivity contribution in [2.24, 2.45) is 0 Å². The molecule has 2 N–H and O–H groups in total. The van der Waals surface area contributed by atoms with E-state index in [1.807, 2.05) is 30.3 Å². The van der Waals surface area contributed by atoms with Gasteiger partial charge in [0.05, 0.1) is 34.0 Å². The van der Waals surface area contributed by atoms with Crippen LogP contribution in [0.4, 0.5) is 0 Å². The molecule has 4 bridgehead atoms. The highest BCUT2D eigenvalue weighted by molar-refractivity contribution is 6.31. The van der Waals surface area contributed by atoms with Crippen molar-refractivity contribution in [3.05, 3.63) is 70.4 Å². The normalized spacial score (nSPS) is 17.1. The average Bonchev–Trinajstić information content (AvgIpc) is 3.51. The number of fused-ring (bicyclic) bond motifs is 5. The smallest absolute Gasteiger partial charge is 0.289 e. The first-order valence-corrected chi connectivity index (χ1v) is 15.8. The molecule has 2 aliphatic rings.